The molecule has 2 aromatic rings. The van der Waals surface area contributed by atoms with Crippen LogP contribution in [0, 0.1) is 0 Å². The van der Waals surface area contributed by atoms with E-state index in [4.69, 9.17) is 17.7 Å². The van der Waals surface area contributed by atoms with Gasteiger partial charge in [0.1, 0.15) is 11.5 Å². The Hall–Kier alpha value is -1.86. The topological polar surface area (TPSA) is 57.2 Å². The molecule has 5 nitrogen and oxygen atoms in total. The van der Waals surface area contributed by atoms with E-state index < -0.39 is 9.05 Å². The Morgan fingerprint density at radius 2 is 1.17 bits per heavy atom. The monoisotopic (exact) mass is 348 g/mol. The molecule has 6 heteroatoms. The summed E-state index contributed by atoms with van der Waals surface area (Å²) in [6.07, 6.45) is 0. The van der Waals surface area contributed by atoms with E-state index in [1.54, 1.807) is 12.1 Å². The summed E-state index contributed by atoms with van der Waals surface area (Å²) < 4.78 is 21.6. The molecule has 0 saturated heterocycles. The van der Waals surface area contributed by atoms with Crippen LogP contribution in [0.15, 0.2) is 48.5 Å². The first-order chi connectivity index (χ1) is 11.4. The zero-order chi connectivity index (χ0) is 17.8. The molecule has 0 bridgehead atoms. The third kappa shape index (κ3) is 3.79. The van der Waals surface area contributed by atoms with Gasteiger partial charge in [-0.15, -0.1) is 0 Å². The van der Waals surface area contributed by atoms with Gasteiger partial charge in [0.2, 0.25) is 0 Å². The Kier molecular flexibility index (Phi) is 5.66. The minimum absolute atomic E-state index is 0.204. The van der Waals surface area contributed by atoms with Crippen molar-refractivity contribution < 1.29 is 22.8 Å². The molecule has 0 amide bonds. The second kappa shape index (κ2) is 7.35. The summed E-state index contributed by atoms with van der Waals surface area (Å²) in [4.78, 5) is 0. The van der Waals surface area contributed by atoms with Gasteiger partial charge in [0.05, 0.1) is 0 Å². The van der Waals surface area contributed by atoms with E-state index in [-0.39, 0.29) is 11.2 Å². The fourth-order valence-electron chi connectivity index (χ4n) is 2.50. The molecule has 0 atom stereocenters. The maximum Gasteiger partial charge on any atom is 0.748 e. The van der Waals surface area contributed by atoms with Gasteiger partial charge < -0.3 is 22.8 Å². The summed E-state index contributed by atoms with van der Waals surface area (Å²) in [6.45, 7) is 4.27. The van der Waals surface area contributed by atoms with Crippen molar-refractivity contribution in [3.05, 3.63) is 59.7 Å². The molecule has 130 valence electrons. The molecule has 1 N–H and O–H groups in total. The molecule has 0 aromatic heterocycles. The highest BCUT2D eigenvalue weighted by atomic mass is 28.4. The Balaban J connectivity index is 2.23. The Labute approximate surface area is 144 Å². The summed E-state index contributed by atoms with van der Waals surface area (Å²) in [5, 5.41) is 9.46. The van der Waals surface area contributed by atoms with E-state index in [2.05, 4.69) is 13.8 Å². The van der Waals surface area contributed by atoms with Gasteiger partial charge in [0.15, 0.2) is 0 Å². The van der Waals surface area contributed by atoms with E-state index >= 15 is 0 Å². The maximum absolute atomic E-state index is 9.46. The van der Waals surface area contributed by atoms with Gasteiger partial charge in [0, 0.05) is 26.7 Å². The fraction of sp³-hybridized carbons (Fsp3) is 0.333. The lowest BCUT2D eigenvalue weighted by molar-refractivity contribution is 0.0510. The van der Waals surface area contributed by atoms with Crippen LogP contribution in [0.4, 0.5) is 0 Å². The Morgan fingerprint density at radius 3 is 1.58 bits per heavy atom. The number of phenolic OH excluding ortho intramolecular Hbond substituents is 1. The summed E-state index contributed by atoms with van der Waals surface area (Å²) in [5.74, 6) is 0.885. The minimum atomic E-state index is -3.12. The second-order valence-corrected chi connectivity index (χ2v) is 8.34. The van der Waals surface area contributed by atoms with E-state index in [1.165, 1.54) is 21.3 Å². The fourth-order valence-corrected chi connectivity index (χ4v) is 3.68. The highest BCUT2D eigenvalue weighted by Gasteiger charge is 2.45. The molecular weight excluding hydrogens is 324 g/mol. The van der Waals surface area contributed by atoms with Gasteiger partial charge in [-0.05, 0) is 35.4 Å². The lowest BCUT2D eigenvalue weighted by Crippen LogP contribution is -2.49. The molecule has 0 unspecified atom stereocenters. The van der Waals surface area contributed by atoms with Crippen LogP contribution in [0.1, 0.15) is 25.0 Å². The van der Waals surface area contributed by atoms with Crippen LogP contribution in [0.25, 0.3) is 0 Å². The quantitative estimate of drug-likeness (QED) is 0.777. The van der Waals surface area contributed by atoms with Crippen LogP contribution in [0.2, 0.25) is 0 Å². The van der Waals surface area contributed by atoms with Crippen LogP contribution >= 0.6 is 0 Å². The van der Waals surface area contributed by atoms with Crippen molar-refractivity contribution in [3.63, 3.8) is 0 Å². The highest BCUT2D eigenvalue weighted by Crippen LogP contribution is 2.33. The Morgan fingerprint density at radius 1 is 0.750 bits per heavy atom. The normalized spacial score (nSPS) is 12.2. The minimum Gasteiger partial charge on any atom is -0.508 e. The van der Waals surface area contributed by atoms with Crippen molar-refractivity contribution in [2.45, 2.75) is 19.3 Å². The molecule has 0 spiro atoms. The maximum atomic E-state index is 9.46. The molecule has 2 rings (SSSR count). The first kappa shape index (κ1) is 18.5. The first-order valence-corrected chi connectivity index (χ1v) is 9.24. The summed E-state index contributed by atoms with van der Waals surface area (Å²) in [5.41, 5.74) is 2.04. The number of rotatable bonds is 7. The highest BCUT2D eigenvalue weighted by molar-refractivity contribution is 6.54. The predicted molar refractivity (Wildman–Crippen MR) is 94.1 cm³/mol. The Bertz CT molecular complexity index is 640. The van der Waals surface area contributed by atoms with Gasteiger partial charge in [-0.2, -0.15) is 0 Å². The van der Waals surface area contributed by atoms with Crippen LogP contribution in [0.3, 0.4) is 0 Å². The molecule has 0 aliphatic rings. The van der Waals surface area contributed by atoms with Crippen molar-refractivity contribution >= 4 is 9.05 Å². The van der Waals surface area contributed by atoms with Crippen LogP contribution in [-0.4, -0.2) is 35.5 Å². The zero-order valence-corrected chi connectivity index (χ0v) is 15.7. The van der Waals surface area contributed by atoms with Crippen molar-refractivity contribution in [2.75, 3.05) is 21.3 Å². The molecule has 0 fully saturated rings. The SMILES string of the molecule is CO[Si](OC)(OC)Oc1ccc(C(C)(C)c2ccc(O)cc2)cc1. The van der Waals surface area contributed by atoms with Crippen molar-refractivity contribution in [1.29, 1.82) is 0 Å². The third-order valence-electron chi connectivity index (χ3n) is 4.16. The summed E-state index contributed by atoms with van der Waals surface area (Å²) in [7, 11) is 1.39. The molecule has 0 saturated carbocycles. The van der Waals surface area contributed by atoms with Gasteiger partial charge in [-0.1, -0.05) is 38.1 Å². The van der Waals surface area contributed by atoms with E-state index in [0.29, 0.717) is 5.75 Å². The van der Waals surface area contributed by atoms with E-state index in [0.717, 1.165) is 11.1 Å². The van der Waals surface area contributed by atoms with Crippen LogP contribution < -0.4 is 4.43 Å². The number of hydrogen-bond donors (Lipinski definition) is 1. The standard InChI is InChI=1S/C18H24O5Si/c1-18(2,14-6-10-16(19)11-7-14)15-8-12-17(13-9-15)23-24(20-3,21-4)22-5/h6-13,19H,1-5H3. The number of phenols is 1. The summed E-state index contributed by atoms with van der Waals surface area (Å²) >= 11 is 0. The largest absolute Gasteiger partial charge is 0.748 e. The van der Waals surface area contributed by atoms with E-state index in [9.17, 15) is 5.11 Å². The molecule has 24 heavy (non-hydrogen) atoms. The number of hydrogen-bond acceptors (Lipinski definition) is 5. The average molecular weight is 348 g/mol. The zero-order valence-electron chi connectivity index (χ0n) is 14.7. The molecule has 0 aliphatic carbocycles. The predicted octanol–water partition coefficient (Wildman–Crippen LogP) is 3.47. The lowest BCUT2D eigenvalue weighted by atomic mass is 9.78. The van der Waals surface area contributed by atoms with Gasteiger partial charge in [-0.3, -0.25) is 0 Å². The van der Waals surface area contributed by atoms with Gasteiger partial charge in [-0.25, -0.2) is 0 Å². The van der Waals surface area contributed by atoms with Crippen LogP contribution in [-0.2, 0) is 18.7 Å². The van der Waals surface area contributed by atoms with Gasteiger partial charge in [0.25, 0.3) is 0 Å². The number of benzene rings is 2. The summed E-state index contributed by atoms with van der Waals surface area (Å²) in [6, 6.07) is 15.0. The third-order valence-corrected chi connectivity index (χ3v) is 6.14. The van der Waals surface area contributed by atoms with Crippen molar-refractivity contribution in [3.8, 4) is 11.5 Å². The number of aromatic hydroxyl groups is 1. The first-order valence-electron chi connectivity index (χ1n) is 7.61. The van der Waals surface area contributed by atoms with Gasteiger partial charge >= 0.3 is 9.05 Å². The van der Waals surface area contributed by atoms with Crippen LogP contribution in [0.5, 0.6) is 11.5 Å². The van der Waals surface area contributed by atoms with Crippen molar-refractivity contribution in [2.24, 2.45) is 0 Å². The van der Waals surface area contributed by atoms with E-state index in [1.807, 2.05) is 36.4 Å². The average Bonchev–Trinajstić information content (AvgIpc) is 2.60. The second-order valence-electron chi connectivity index (χ2n) is 5.91. The lowest BCUT2D eigenvalue weighted by Gasteiger charge is -2.27. The smallest absolute Gasteiger partial charge is 0.508 e. The molecule has 0 radical (unpaired) electrons. The molecule has 0 heterocycles. The molecular formula is C18H24O5Si. The molecule has 0 aliphatic heterocycles. The molecule has 2 aromatic carbocycles. The van der Waals surface area contributed by atoms with Crippen molar-refractivity contribution in [1.82, 2.24) is 0 Å².